The van der Waals surface area contributed by atoms with Gasteiger partial charge in [-0.05, 0) is 73.6 Å². The number of hydrogen-bond donors (Lipinski definition) is 3. The number of nitrogens with zero attached hydrogens (tertiary/aromatic N) is 3. The maximum absolute atomic E-state index is 12.3. The summed E-state index contributed by atoms with van der Waals surface area (Å²) >= 11 is 6.64. The summed E-state index contributed by atoms with van der Waals surface area (Å²) in [6, 6.07) is 16.2. The molecule has 2 aromatic carbocycles. The number of H-pyrrole nitrogens is 1. The van der Waals surface area contributed by atoms with Crippen LogP contribution in [-0.2, 0) is 11.3 Å². The van der Waals surface area contributed by atoms with E-state index in [1.54, 1.807) is 13.3 Å². The Morgan fingerprint density at radius 3 is 2.45 bits per heavy atom. The highest BCUT2D eigenvalue weighted by Gasteiger charge is 2.22. The van der Waals surface area contributed by atoms with Crippen molar-refractivity contribution in [3.05, 3.63) is 65.3 Å². The molecule has 2 fully saturated rings. The molecule has 2 aromatic heterocycles. The summed E-state index contributed by atoms with van der Waals surface area (Å²) < 4.78 is 11.0. The van der Waals surface area contributed by atoms with E-state index in [-0.39, 0.29) is 12.5 Å². The number of methoxy groups -OCH3 is 1. The first-order valence-electron chi connectivity index (χ1n) is 15.7. The Labute approximate surface area is 263 Å². The normalized spacial score (nSPS) is 16.6. The van der Waals surface area contributed by atoms with Crippen molar-refractivity contribution in [2.24, 2.45) is 5.92 Å². The molecule has 9 nitrogen and oxygen atoms in total. The molecule has 0 radical (unpaired) electrons. The summed E-state index contributed by atoms with van der Waals surface area (Å²) in [7, 11) is 1.69. The molecule has 1 saturated carbocycles. The van der Waals surface area contributed by atoms with Gasteiger partial charge in [0.1, 0.15) is 22.8 Å². The van der Waals surface area contributed by atoms with E-state index in [0.29, 0.717) is 34.2 Å². The number of ether oxygens (including phenoxy) is 2. The molecular formula is C34H41ClN6O3. The lowest BCUT2D eigenvalue weighted by molar-refractivity contribution is -0.123. The second-order valence-electron chi connectivity index (χ2n) is 11.9. The van der Waals surface area contributed by atoms with Crippen LogP contribution in [0.25, 0.3) is 22.6 Å². The number of imidazole rings is 1. The van der Waals surface area contributed by atoms with E-state index in [1.807, 2.05) is 36.4 Å². The Hall–Kier alpha value is -3.82. The summed E-state index contributed by atoms with van der Waals surface area (Å²) in [5.74, 6) is 2.73. The van der Waals surface area contributed by atoms with Crippen molar-refractivity contribution in [3.8, 4) is 22.9 Å². The molecule has 1 saturated heterocycles. The lowest BCUT2D eigenvalue weighted by Gasteiger charge is -2.33. The topological polar surface area (TPSA) is 104 Å². The molecule has 6 rings (SSSR count). The average molecular weight is 617 g/mol. The average Bonchev–Trinajstić information content (AvgIpc) is 3.51. The van der Waals surface area contributed by atoms with E-state index >= 15 is 0 Å². The van der Waals surface area contributed by atoms with Gasteiger partial charge in [-0.2, -0.15) is 0 Å². The van der Waals surface area contributed by atoms with E-state index in [1.165, 1.54) is 37.7 Å². The van der Waals surface area contributed by atoms with Gasteiger partial charge in [0.15, 0.2) is 12.3 Å². The zero-order valence-corrected chi connectivity index (χ0v) is 26.0. The number of halogens is 1. The van der Waals surface area contributed by atoms with E-state index in [0.717, 1.165) is 61.5 Å². The lowest BCUT2D eigenvalue weighted by Crippen LogP contribution is -2.38. The van der Waals surface area contributed by atoms with Gasteiger partial charge in [-0.25, -0.2) is 9.97 Å². The highest BCUT2D eigenvalue weighted by molar-refractivity contribution is 6.34. The van der Waals surface area contributed by atoms with Crippen LogP contribution in [0.4, 0.5) is 5.69 Å². The molecule has 0 unspecified atom stereocenters. The fourth-order valence-electron chi connectivity index (χ4n) is 6.19. The van der Waals surface area contributed by atoms with Crippen LogP contribution in [0.15, 0.2) is 54.7 Å². The molecule has 4 aromatic rings. The Balaban J connectivity index is 1.03. The smallest absolute Gasteiger partial charge is 0.257 e. The highest BCUT2D eigenvalue weighted by Crippen LogP contribution is 2.33. The molecule has 1 aliphatic heterocycles. The number of rotatable bonds is 11. The lowest BCUT2D eigenvalue weighted by atomic mass is 9.89. The summed E-state index contributed by atoms with van der Waals surface area (Å²) in [4.78, 5) is 27.5. The molecule has 2 aliphatic rings. The first-order chi connectivity index (χ1) is 21.5. The van der Waals surface area contributed by atoms with Gasteiger partial charge in [-0.1, -0.05) is 43.0 Å². The zero-order chi connectivity index (χ0) is 30.3. The highest BCUT2D eigenvalue weighted by atomic mass is 35.5. The minimum absolute atomic E-state index is 0.00849. The number of amides is 1. The third-order valence-corrected chi connectivity index (χ3v) is 9.07. The predicted octanol–water partition coefficient (Wildman–Crippen LogP) is 6.44. The zero-order valence-electron chi connectivity index (χ0n) is 25.3. The third kappa shape index (κ3) is 7.63. The molecule has 1 amide bonds. The molecule has 3 N–H and O–H groups in total. The quantitative estimate of drug-likeness (QED) is 0.178. The fraction of sp³-hybridized carbons (Fsp3) is 0.441. The van der Waals surface area contributed by atoms with Gasteiger partial charge in [-0.15, -0.1) is 0 Å². The van der Waals surface area contributed by atoms with Crippen LogP contribution in [0, 0.1) is 5.92 Å². The number of carbonyl (C=O) groups excluding carboxylic acids is 1. The van der Waals surface area contributed by atoms with Gasteiger partial charge < -0.3 is 25.1 Å². The van der Waals surface area contributed by atoms with Crippen LogP contribution >= 0.6 is 11.6 Å². The summed E-state index contributed by atoms with van der Waals surface area (Å²) in [6.45, 7) is 3.67. The van der Waals surface area contributed by atoms with Crippen molar-refractivity contribution >= 4 is 34.4 Å². The van der Waals surface area contributed by atoms with Crippen LogP contribution in [0.3, 0.4) is 0 Å². The van der Waals surface area contributed by atoms with Crippen LogP contribution in [0.5, 0.6) is 11.5 Å². The maximum atomic E-state index is 12.3. The van der Waals surface area contributed by atoms with Gasteiger partial charge in [0.2, 0.25) is 0 Å². The van der Waals surface area contributed by atoms with Crippen LogP contribution < -0.4 is 20.1 Å². The third-order valence-electron chi connectivity index (χ3n) is 8.78. The number of aromatic nitrogens is 3. The van der Waals surface area contributed by atoms with Gasteiger partial charge in [0.25, 0.3) is 5.91 Å². The minimum atomic E-state index is -0.0807. The molecule has 0 spiro atoms. The van der Waals surface area contributed by atoms with Crippen LogP contribution in [0.1, 0.15) is 50.5 Å². The Morgan fingerprint density at radius 1 is 1.00 bits per heavy atom. The van der Waals surface area contributed by atoms with Gasteiger partial charge >= 0.3 is 0 Å². The van der Waals surface area contributed by atoms with Crippen LogP contribution in [0.2, 0.25) is 5.02 Å². The number of anilines is 1. The molecule has 0 atom stereocenters. The standard InChI is InChI=1S/C34H41ClN6O3/c1-43-27-11-7-24(8-12-27)21-41-17-15-26(16-18-41)38-31-29(35)20-37-34-32(31)39-33(40-34)25-9-13-28(14-10-25)44-22-30(42)36-19-23-5-3-2-4-6-23/h7-14,20,23,26H,2-6,15-19,21-22H2,1H3,(H,36,42)(H2,37,38,39,40). The van der Waals surface area contributed by atoms with Gasteiger partial charge in [0.05, 0.1) is 24.0 Å². The molecule has 232 valence electrons. The van der Waals surface area contributed by atoms with Gasteiger partial charge in [0, 0.05) is 37.8 Å². The number of fused-ring (bicyclic) bond motifs is 1. The number of pyridine rings is 1. The molecule has 44 heavy (non-hydrogen) atoms. The molecular weight excluding hydrogens is 576 g/mol. The van der Waals surface area contributed by atoms with Crippen molar-refractivity contribution in [1.82, 2.24) is 25.2 Å². The van der Waals surface area contributed by atoms with Crippen molar-refractivity contribution in [2.45, 2.75) is 57.5 Å². The second-order valence-corrected chi connectivity index (χ2v) is 12.3. The number of benzene rings is 2. The first-order valence-corrected chi connectivity index (χ1v) is 16.1. The number of hydrogen-bond acceptors (Lipinski definition) is 7. The number of likely N-dealkylation sites (tertiary alicyclic amines) is 1. The van der Waals surface area contributed by atoms with Crippen LogP contribution in [-0.4, -0.2) is 65.2 Å². The predicted molar refractivity (Wildman–Crippen MR) is 174 cm³/mol. The van der Waals surface area contributed by atoms with Crippen molar-refractivity contribution in [3.63, 3.8) is 0 Å². The number of nitrogens with one attached hydrogen (secondary N) is 3. The van der Waals surface area contributed by atoms with E-state index < -0.39 is 0 Å². The molecule has 1 aliphatic carbocycles. The van der Waals surface area contributed by atoms with E-state index in [9.17, 15) is 4.79 Å². The Morgan fingerprint density at radius 2 is 1.73 bits per heavy atom. The largest absolute Gasteiger partial charge is 0.497 e. The number of aromatic amines is 1. The summed E-state index contributed by atoms with van der Waals surface area (Å²) in [5.41, 5.74) is 4.40. The van der Waals surface area contributed by atoms with Gasteiger partial charge in [-0.3, -0.25) is 9.69 Å². The van der Waals surface area contributed by atoms with Crippen molar-refractivity contribution < 1.29 is 14.3 Å². The van der Waals surface area contributed by atoms with E-state index in [4.69, 9.17) is 26.1 Å². The molecule has 10 heteroatoms. The SMILES string of the molecule is COc1ccc(CN2CCC(Nc3c(Cl)cnc4[nH]c(-c5ccc(OCC(=O)NCC6CCCCC6)cc5)nc34)CC2)cc1. The Kier molecular flexibility index (Phi) is 9.83. The second kappa shape index (κ2) is 14.3. The summed E-state index contributed by atoms with van der Waals surface area (Å²) in [6.07, 6.45) is 9.93. The number of carbonyl (C=O) groups is 1. The molecule has 0 bridgehead atoms. The first kappa shape index (κ1) is 30.2. The monoisotopic (exact) mass is 616 g/mol. The van der Waals surface area contributed by atoms with Crippen molar-refractivity contribution in [1.29, 1.82) is 0 Å². The molecule has 3 heterocycles. The summed E-state index contributed by atoms with van der Waals surface area (Å²) in [5, 5.41) is 7.25. The van der Waals surface area contributed by atoms with Crippen molar-refractivity contribution in [2.75, 3.05) is 38.7 Å². The maximum Gasteiger partial charge on any atom is 0.257 e. The Bertz CT molecular complexity index is 1530. The fourth-order valence-corrected chi connectivity index (χ4v) is 6.38. The number of piperidine rings is 1. The minimum Gasteiger partial charge on any atom is -0.497 e. The van der Waals surface area contributed by atoms with E-state index in [2.05, 4.69) is 37.6 Å².